The molecule has 2 amide bonds. The second-order valence-electron chi connectivity index (χ2n) is 9.53. The number of benzene rings is 1. The van der Waals surface area contributed by atoms with Gasteiger partial charge in [-0.3, -0.25) is 14.6 Å². The summed E-state index contributed by atoms with van der Waals surface area (Å²) in [6.07, 6.45) is 3.84. The maximum absolute atomic E-state index is 14.3. The zero-order valence-corrected chi connectivity index (χ0v) is 20.2. The summed E-state index contributed by atoms with van der Waals surface area (Å²) in [6.45, 7) is 4.19. The molecule has 4 rings (SSSR count). The lowest BCUT2D eigenvalue weighted by Gasteiger charge is -2.31. The average Bonchev–Trinajstić information content (AvgIpc) is 3.21. The van der Waals surface area contributed by atoms with Crippen molar-refractivity contribution in [1.29, 1.82) is 5.26 Å². The molecule has 1 aromatic carbocycles. The van der Waals surface area contributed by atoms with E-state index >= 15 is 0 Å². The number of halogens is 3. The monoisotopic (exact) mass is 496 g/mol. The summed E-state index contributed by atoms with van der Waals surface area (Å²) in [5.74, 6) is -4.53. The Morgan fingerprint density at radius 2 is 1.94 bits per heavy atom. The highest BCUT2D eigenvalue weighted by molar-refractivity contribution is 6.05. The van der Waals surface area contributed by atoms with Gasteiger partial charge in [0.25, 0.3) is 5.91 Å². The van der Waals surface area contributed by atoms with E-state index in [1.165, 1.54) is 24.4 Å². The van der Waals surface area contributed by atoms with Crippen LogP contribution >= 0.6 is 0 Å². The quantitative estimate of drug-likeness (QED) is 0.614. The number of hydrogen-bond acceptors (Lipinski definition) is 4. The first-order valence-corrected chi connectivity index (χ1v) is 11.9. The van der Waals surface area contributed by atoms with Gasteiger partial charge in [-0.05, 0) is 56.9 Å². The maximum Gasteiger partial charge on any atom is 0.257 e. The molecule has 1 atom stereocenters. The third-order valence-corrected chi connectivity index (χ3v) is 6.87. The highest BCUT2D eigenvalue weighted by Crippen LogP contribution is 2.40. The Morgan fingerprint density at radius 1 is 1.22 bits per heavy atom. The number of rotatable bonds is 4. The van der Waals surface area contributed by atoms with Crippen molar-refractivity contribution < 1.29 is 22.8 Å². The molecule has 2 heterocycles. The summed E-state index contributed by atoms with van der Waals surface area (Å²) in [5.41, 5.74) is 3.47. The number of alkyl halides is 2. The third-order valence-electron chi connectivity index (χ3n) is 6.87. The zero-order chi connectivity index (χ0) is 26.0. The molecule has 1 N–H and O–H groups in total. The predicted molar refractivity (Wildman–Crippen MR) is 129 cm³/mol. The van der Waals surface area contributed by atoms with Crippen LogP contribution in [0, 0.1) is 36.9 Å². The number of likely N-dealkylation sites (tertiary alicyclic amines) is 1. The average molecular weight is 497 g/mol. The molecule has 0 bridgehead atoms. The van der Waals surface area contributed by atoms with Crippen molar-refractivity contribution >= 4 is 23.6 Å². The van der Waals surface area contributed by atoms with E-state index in [9.17, 15) is 28.0 Å². The number of amides is 2. The Hall–Kier alpha value is -3.67. The van der Waals surface area contributed by atoms with Crippen LogP contribution in [0.4, 0.5) is 18.9 Å². The summed E-state index contributed by atoms with van der Waals surface area (Å²) in [4.78, 5) is 31.3. The molecule has 1 aromatic heterocycles. The van der Waals surface area contributed by atoms with Crippen molar-refractivity contribution in [3.8, 4) is 6.07 Å². The van der Waals surface area contributed by atoms with Gasteiger partial charge in [-0.15, -0.1) is 0 Å². The van der Waals surface area contributed by atoms with Gasteiger partial charge in [0.15, 0.2) is 0 Å². The minimum atomic E-state index is -2.76. The SMILES string of the molecule is Cc1cc(F)cc(C=C2CCN(C(=O)[C@@H]3CCC(F)(F)C3)CC2)c1NC(=O)c1cnc(C)c(C#N)c1. The number of aryl methyl sites for hydroxylation is 2. The molecule has 6 nitrogen and oxygen atoms in total. The lowest BCUT2D eigenvalue weighted by molar-refractivity contribution is -0.136. The normalized spacial score (nSPS) is 19.1. The van der Waals surface area contributed by atoms with E-state index in [0.717, 1.165) is 5.57 Å². The van der Waals surface area contributed by atoms with E-state index < -0.39 is 23.6 Å². The Morgan fingerprint density at radius 3 is 2.58 bits per heavy atom. The lowest BCUT2D eigenvalue weighted by atomic mass is 9.97. The smallest absolute Gasteiger partial charge is 0.257 e. The first kappa shape index (κ1) is 25.4. The summed E-state index contributed by atoms with van der Waals surface area (Å²) >= 11 is 0. The van der Waals surface area contributed by atoms with Crippen LogP contribution in [0.5, 0.6) is 0 Å². The predicted octanol–water partition coefficient (Wildman–Crippen LogP) is 5.40. The zero-order valence-electron chi connectivity index (χ0n) is 20.2. The highest BCUT2D eigenvalue weighted by atomic mass is 19.3. The number of nitrogens with zero attached hydrogens (tertiary/aromatic N) is 3. The van der Waals surface area contributed by atoms with Gasteiger partial charge in [0.1, 0.15) is 11.9 Å². The summed E-state index contributed by atoms with van der Waals surface area (Å²) < 4.78 is 41.3. The van der Waals surface area contributed by atoms with Gasteiger partial charge < -0.3 is 10.2 Å². The van der Waals surface area contributed by atoms with Crippen molar-refractivity contribution in [3.63, 3.8) is 0 Å². The molecule has 2 fully saturated rings. The largest absolute Gasteiger partial charge is 0.342 e. The first-order chi connectivity index (χ1) is 17.1. The van der Waals surface area contributed by atoms with Crippen molar-refractivity contribution in [2.45, 2.75) is 51.9 Å². The molecule has 1 saturated heterocycles. The standard InChI is InChI=1S/C27H27F3N4O2/c1-16-9-23(28)12-20(24(16)33-25(35)22-11-21(14-31)17(2)32-15-22)10-18-4-7-34(8-5-18)26(36)19-3-6-27(29,30)13-19/h9-12,15,19H,3-8,13H2,1-2H3,(H,33,35)/t19-/m1/s1. The molecule has 9 heteroatoms. The molecular weight excluding hydrogens is 469 g/mol. The molecule has 0 spiro atoms. The molecule has 188 valence electrons. The van der Waals surface area contributed by atoms with Gasteiger partial charge in [0, 0.05) is 43.6 Å². The van der Waals surface area contributed by atoms with E-state index in [2.05, 4.69) is 10.3 Å². The molecular formula is C27H27F3N4O2. The van der Waals surface area contributed by atoms with Crippen LogP contribution in [0.15, 0.2) is 30.0 Å². The van der Waals surface area contributed by atoms with Crippen molar-refractivity contribution in [1.82, 2.24) is 9.88 Å². The number of anilines is 1. The van der Waals surface area contributed by atoms with Crippen molar-refractivity contribution in [3.05, 3.63) is 63.7 Å². The number of carbonyl (C=O) groups is 2. The van der Waals surface area contributed by atoms with Crippen LogP contribution in [-0.4, -0.2) is 40.7 Å². The molecule has 0 unspecified atom stereocenters. The van der Waals surface area contributed by atoms with Crippen molar-refractivity contribution in [2.24, 2.45) is 5.92 Å². The van der Waals surface area contributed by atoms with Gasteiger partial charge in [0.2, 0.25) is 11.8 Å². The van der Waals surface area contributed by atoms with Gasteiger partial charge in [-0.1, -0.05) is 11.6 Å². The Balaban J connectivity index is 1.49. The van der Waals surface area contributed by atoms with Crippen LogP contribution in [0.3, 0.4) is 0 Å². The number of piperidine rings is 1. The maximum atomic E-state index is 14.3. The van der Waals surface area contributed by atoms with E-state index in [-0.39, 0.29) is 30.7 Å². The number of carbonyl (C=O) groups excluding carboxylic acids is 2. The molecule has 1 saturated carbocycles. The Bertz CT molecular complexity index is 1270. The Kier molecular flexibility index (Phi) is 7.16. The van der Waals surface area contributed by atoms with E-state index in [0.29, 0.717) is 54.0 Å². The number of nitrogens with one attached hydrogen (secondary N) is 1. The van der Waals surface area contributed by atoms with Gasteiger partial charge >= 0.3 is 0 Å². The van der Waals surface area contributed by atoms with Crippen LogP contribution < -0.4 is 5.32 Å². The minimum Gasteiger partial charge on any atom is -0.342 e. The second kappa shape index (κ2) is 10.1. The second-order valence-corrected chi connectivity index (χ2v) is 9.53. The van der Waals surface area contributed by atoms with Crippen LogP contribution in [0.1, 0.15) is 64.8 Å². The van der Waals surface area contributed by atoms with Crippen LogP contribution in [-0.2, 0) is 4.79 Å². The molecule has 2 aliphatic rings. The van der Waals surface area contributed by atoms with Crippen LogP contribution in [0.25, 0.3) is 6.08 Å². The van der Waals surface area contributed by atoms with Gasteiger partial charge in [-0.25, -0.2) is 13.2 Å². The number of hydrogen-bond donors (Lipinski definition) is 1. The Labute approximate surface area is 207 Å². The summed E-state index contributed by atoms with van der Waals surface area (Å²) in [7, 11) is 0. The minimum absolute atomic E-state index is 0.211. The summed E-state index contributed by atoms with van der Waals surface area (Å²) in [5, 5.41) is 12.0. The molecule has 36 heavy (non-hydrogen) atoms. The van der Waals surface area contributed by atoms with Crippen molar-refractivity contribution in [2.75, 3.05) is 18.4 Å². The fourth-order valence-corrected chi connectivity index (χ4v) is 4.81. The van der Waals surface area contributed by atoms with Crippen LogP contribution in [0.2, 0.25) is 0 Å². The lowest BCUT2D eigenvalue weighted by Crippen LogP contribution is -2.39. The van der Waals surface area contributed by atoms with E-state index in [4.69, 9.17) is 0 Å². The number of aromatic nitrogens is 1. The number of pyridine rings is 1. The number of nitriles is 1. The molecule has 0 radical (unpaired) electrons. The van der Waals surface area contributed by atoms with E-state index in [1.807, 2.05) is 12.1 Å². The highest BCUT2D eigenvalue weighted by Gasteiger charge is 2.43. The first-order valence-electron chi connectivity index (χ1n) is 11.9. The fraction of sp³-hybridized carbons (Fsp3) is 0.407. The van der Waals surface area contributed by atoms with E-state index in [1.54, 1.807) is 18.7 Å². The topological polar surface area (TPSA) is 86.1 Å². The molecule has 2 aromatic rings. The molecule has 1 aliphatic heterocycles. The molecule has 1 aliphatic carbocycles. The fourth-order valence-electron chi connectivity index (χ4n) is 4.81. The van der Waals surface area contributed by atoms with Gasteiger partial charge in [-0.2, -0.15) is 5.26 Å². The summed E-state index contributed by atoms with van der Waals surface area (Å²) in [6, 6.07) is 6.12. The third kappa shape index (κ3) is 5.59. The van der Waals surface area contributed by atoms with Gasteiger partial charge in [0.05, 0.1) is 22.5 Å².